The molecular formula is C11H15F3N2O. The van der Waals surface area contributed by atoms with Crippen LogP contribution in [-0.2, 0) is 6.61 Å². The second kappa shape index (κ2) is 5.35. The summed E-state index contributed by atoms with van der Waals surface area (Å²) in [6.07, 6.45) is -3.56. The molecule has 1 N–H and O–H groups in total. The lowest BCUT2D eigenvalue weighted by molar-refractivity contribution is -0.132. The molecule has 0 atom stereocenters. The van der Waals surface area contributed by atoms with E-state index in [4.69, 9.17) is 5.11 Å². The summed E-state index contributed by atoms with van der Waals surface area (Å²) in [5, 5.41) is 8.90. The Hall–Kier alpha value is -1.30. The maximum absolute atomic E-state index is 12.1. The summed E-state index contributed by atoms with van der Waals surface area (Å²) in [5.74, 6) is 0.506. The second-order valence-electron chi connectivity index (χ2n) is 3.93. The molecule has 0 saturated heterocycles. The zero-order valence-corrected chi connectivity index (χ0v) is 9.75. The summed E-state index contributed by atoms with van der Waals surface area (Å²) in [7, 11) is 1.57. The van der Waals surface area contributed by atoms with Gasteiger partial charge in [0, 0.05) is 19.8 Å². The molecule has 0 aliphatic heterocycles. The van der Waals surface area contributed by atoms with E-state index in [2.05, 4.69) is 4.98 Å². The van der Waals surface area contributed by atoms with Crippen molar-refractivity contribution in [3.05, 3.63) is 23.4 Å². The van der Waals surface area contributed by atoms with E-state index in [1.54, 1.807) is 20.0 Å². The minimum absolute atomic E-state index is 0.125. The number of aliphatic hydroxyl groups excluding tert-OH is 1. The van der Waals surface area contributed by atoms with Crippen LogP contribution in [0.15, 0.2) is 12.3 Å². The van der Waals surface area contributed by atoms with E-state index in [9.17, 15) is 13.2 Å². The minimum atomic E-state index is -4.16. The van der Waals surface area contributed by atoms with Crippen molar-refractivity contribution >= 4 is 5.82 Å². The number of anilines is 1. The van der Waals surface area contributed by atoms with Gasteiger partial charge in [-0.15, -0.1) is 0 Å². The normalized spacial score (nSPS) is 11.6. The Bertz CT molecular complexity index is 379. The molecule has 17 heavy (non-hydrogen) atoms. The van der Waals surface area contributed by atoms with Crippen molar-refractivity contribution in [2.45, 2.75) is 26.1 Å². The lowest BCUT2D eigenvalue weighted by atomic mass is 10.2. The standard InChI is InChI=1S/C11H15F3N2O/c1-8-5-9(7-17)6-15-10(8)16(2)4-3-11(12,13)14/h5-6,17H,3-4,7H2,1-2H3. The van der Waals surface area contributed by atoms with Crippen LogP contribution in [0.4, 0.5) is 19.0 Å². The van der Waals surface area contributed by atoms with Crippen molar-refractivity contribution < 1.29 is 18.3 Å². The lowest BCUT2D eigenvalue weighted by Gasteiger charge is -2.21. The molecule has 0 bridgehead atoms. The number of aromatic nitrogens is 1. The van der Waals surface area contributed by atoms with E-state index in [0.717, 1.165) is 5.56 Å². The molecule has 0 unspecified atom stereocenters. The topological polar surface area (TPSA) is 36.4 Å². The van der Waals surface area contributed by atoms with Crippen molar-refractivity contribution in [2.75, 3.05) is 18.5 Å². The van der Waals surface area contributed by atoms with Gasteiger partial charge in [-0.1, -0.05) is 0 Å². The Kier molecular flexibility index (Phi) is 4.34. The number of hydrogen-bond donors (Lipinski definition) is 1. The Labute approximate surface area is 97.9 Å². The van der Waals surface area contributed by atoms with Gasteiger partial charge in [0.15, 0.2) is 0 Å². The molecule has 0 amide bonds. The molecule has 0 saturated carbocycles. The summed E-state index contributed by atoms with van der Waals surface area (Å²) >= 11 is 0. The fourth-order valence-corrected chi connectivity index (χ4v) is 1.51. The smallest absolute Gasteiger partial charge is 0.390 e. The highest BCUT2D eigenvalue weighted by Gasteiger charge is 2.27. The van der Waals surface area contributed by atoms with Gasteiger partial charge in [0.1, 0.15) is 5.82 Å². The van der Waals surface area contributed by atoms with Crippen molar-refractivity contribution in [2.24, 2.45) is 0 Å². The quantitative estimate of drug-likeness (QED) is 0.888. The minimum Gasteiger partial charge on any atom is -0.392 e. The van der Waals surface area contributed by atoms with Gasteiger partial charge < -0.3 is 10.0 Å². The lowest BCUT2D eigenvalue weighted by Crippen LogP contribution is -2.25. The monoisotopic (exact) mass is 248 g/mol. The fourth-order valence-electron chi connectivity index (χ4n) is 1.51. The van der Waals surface area contributed by atoms with Gasteiger partial charge in [-0.2, -0.15) is 13.2 Å². The van der Waals surface area contributed by atoms with E-state index < -0.39 is 12.6 Å². The summed E-state index contributed by atoms with van der Waals surface area (Å²) in [4.78, 5) is 5.51. The highest BCUT2D eigenvalue weighted by atomic mass is 19.4. The molecule has 0 fully saturated rings. The number of hydrogen-bond acceptors (Lipinski definition) is 3. The number of alkyl halides is 3. The second-order valence-corrected chi connectivity index (χ2v) is 3.93. The highest BCUT2D eigenvalue weighted by molar-refractivity contribution is 5.46. The zero-order valence-electron chi connectivity index (χ0n) is 9.75. The molecule has 0 aromatic carbocycles. The molecule has 0 radical (unpaired) electrons. The largest absolute Gasteiger partial charge is 0.392 e. The Morgan fingerprint density at radius 1 is 1.41 bits per heavy atom. The van der Waals surface area contributed by atoms with Gasteiger partial charge in [0.25, 0.3) is 0 Å². The highest BCUT2D eigenvalue weighted by Crippen LogP contribution is 2.22. The van der Waals surface area contributed by atoms with E-state index in [0.29, 0.717) is 11.4 Å². The van der Waals surface area contributed by atoms with E-state index in [1.165, 1.54) is 11.1 Å². The maximum atomic E-state index is 12.1. The van der Waals surface area contributed by atoms with Gasteiger partial charge in [0.2, 0.25) is 0 Å². The van der Waals surface area contributed by atoms with Gasteiger partial charge in [-0.05, 0) is 24.1 Å². The van der Waals surface area contributed by atoms with Crippen LogP contribution in [-0.4, -0.2) is 29.9 Å². The van der Waals surface area contributed by atoms with Crippen LogP contribution in [0.2, 0.25) is 0 Å². The number of aryl methyl sites for hydroxylation is 1. The van der Waals surface area contributed by atoms with Gasteiger partial charge in [-0.25, -0.2) is 4.98 Å². The van der Waals surface area contributed by atoms with Crippen molar-refractivity contribution in [1.29, 1.82) is 0 Å². The molecule has 0 aliphatic rings. The number of nitrogens with zero attached hydrogens (tertiary/aromatic N) is 2. The van der Waals surface area contributed by atoms with Crippen molar-refractivity contribution in [3.63, 3.8) is 0 Å². The van der Waals surface area contributed by atoms with Gasteiger partial charge in [-0.3, -0.25) is 0 Å². The third kappa shape index (κ3) is 4.22. The first kappa shape index (κ1) is 13.8. The molecule has 1 heterocycles. The average molecular weight is 248 g/mol. The van der Waals surface area contributed by atoms with Crippen LogP contribution >= 0.6 is 0 Å². The van der Waals surface area contributed by atoms with E-state index >= 15 is 0 Å². The number of aliphatic hydroxyl groups is 1. The van der Waals surface area contributed by atoms with Crippen LogP contribution < -0.4 is 4.90 Å². The predicted octanol–water partition coefficient (Wildman–Crippen LogP) is 2.27. The molecule has 1 aromatic rings. The summed E-state index contributed by atoms with van der Waals surface area (Å²) in [5.41, 5.74) is 1.40. The molecule has 0 spiro atoms. The summed E-state index contributed by atoms with van der Waals surface area (Å²) in [6, 6.07) is 1.71. The van der Waals surface area contributed by atoms with Crippen LogP contribution in [0.25, 0.3) is 0 Å². The van der Waals surface area contributed by atoms with Crippen LogP contribution in [0.3, 0.4) is 0 Å². The Morgan fingerprint density at radius 3 is 2.53 bits per heavy atom. The first-order valence-corrected chi connectivity index (χ1v) is 5.18. The Morgan fingerprint density at radius 2 is 2.06 bits per heavy atom. The summed E-state index contributed by atoms with van der Waals surface area (Å²) in [6.45, 7) is 1.50. The first-order valence-electron chi connectivity index (χ1n) is 5.18. The first-order chi connectivity index (χ1) is 7.83. The number of rotatable bonds is 4. The molecule has 96 valence electrons. The predicted molar refractivity (Wildman–Crippen MR) is 58.8 cm³/mol. The zero-order chi connectivity index (χ0) is 13.1. The van der Waals surface area contributed by atoms with Crippen molar-refractivity contribution in [3.8, 4) is 0 Å². The molecule has 1 aromatic heterocycles. The third-order valence-corrected chi connectivity index (χ3v) is 2.38. The fraction of sp³-hybridized carbons (Fsp3) is 0.545. The number of halogens is 3. The van der Waals surface area contributed by atoms with E-state index in [1.807, 2.05) is 0 Å². The molecule has 6 heteroatoms. The van der Waals surface area contributed by atoms with Crippen LogP contribution in [0, 0.1) is 6.92 Å². The average Bonchev–Trinajstić information content (AvgIpc) is 2.24. The van der Waals surface area contributed by atoms with E-state index in [-0.39, 0.29) is 13.2 Å². The van der Waals surface area contributed by atoms with Gasteiger partial charge >= 0.3 is 6.18 Å². The molecule has 1 rings (SSSR count). The van der Waals surface area contributed by atoms with Crippen LogP contribution in [0.5, 0.6) is 0 Å². The van der Waals surface area contributed by atoms with Gasteiger partial charge in [0.05, 0.1) is 13.0 Å². The van der Waals surface area contributed by atoms with Crippen molar-refractivity contribution in [1.82, 2.24) is 4.98 Å². The third-order valence-electron chi connectivity index (χ3n) is 2.38. The SMILES string of the molecule is Cc1cc(CO)cnc1N(C)CCC(F)(F)F. The summed E-state index contributed by atoms with van der Waals surface area (Å²) < 4.78 is 36.2. The molecular weight excluding hydrogens is 233 g/mol. The Balaban J connectivity index is 2.72. The molecule has 3 nitrogen and oxygen atoms in total. The number of pyridine rings is 1. The maximum Gasteiger partial charge on any atom is 0.390 e. The molecule has 0 aliphatic carbocycles. The van der Waals surface area contributed by atoms with Crippen LogP contribution in [0.1, 0.15) is 17.5 Å².